The average molecular weight is 560 g/mol. The summed E-state index contributed by atoms with van der Waals surface area (Å²) < 4.78 is 10.8. The standard InChI is InChI=1S/C29H33N7O5/c1-18-24(13-30-27-26(18)36(29(38)39)9-10-41-27)34-8-7-21-12-31-28(33-23(21)16-34)32-22-5-3-19(4-6-22)11-25(37)35-14-20(15-35)17-40-2/h3-6,12-13,20H,7-11,14-17H2,1-2H3,(H,38,39)(H,31,32,33). The van der Waals surface area contributed by atoms with E-state index in [1.165, 1.54) is 4.90 Å². The molecule has 214 valence electrons. The Labute approximate surface area is 237 Å². The van der Waals surface area contributed by atoms with Crippen molar-refractivity contribution in [1.29, 1.82) is 0 Å². The molecule has 0 spiro atoms. The smallest absolute Gasteiger partial charge is 0.412 e. The number of likely N-dealkylation sites (tertiary alicyclic amines) is 1. The van der Waals surface area contributed by atoms with Crippen LogP contribution in [0.2, 0.25) is 0 Å². The number of anilines is 4. The number of carbonyl (C=O) groups excluding carboxylic acids is 1. The minimum atomic E-state index is -1.02. The number of carbonyl (C=O) groups is 2. The number of ether oxygens (including phenoxy) is 2. The minimum absolute atomic E-state index is 0.133. The lowest BCUT2D eigenvalue weighted by atomic mass is 10.00. The number of nitrogens with zero attached hydrogens (tertiary/aromatic N) is 6. The molecule has 6 rings (SSSR count). The van der Waals surface area contributed by atoms with E-state index >= 15 is 0 Å². The molecule has 1 saturated heterocycles. The van der Waals surface area contributed by atoms with E-state index < -0.39 is 6.09 Å². The highest BCUT2D eigenvalue weighted by molar-refractivity contribution is 5.91. The number of fused-ring (bicyclic) bond motifs is 2. The summed E-state index contributed by atoms with van der Waals surface area (Å²) in [6, 6.07) is 7.76. The van der Waals surface area contributed by atoms with Crippen LogP contribution in [0.3, 0.4) is 0 Å². The molecule has 0 aliphatic carbocycles. The number of hydrogen-bond donors (Lipinski definition) is 2. The molecule has 1 aromatic carbocycles. The number of hydrogen-bond acceptors (Lipinski definition) is 9. The van der Waals surface area contributed by atoms with Gasteiger partial charge in [0.2, 0.25) is 17.7 Å². The Morgan fingerprint density at radius 1 is 1.15 bits per heavy atom. The largest absolute Gasteiger partial charge is 0.474 e. The maximum atomic E-state index is 12.5. The van der Waals surface area contributed by atoms with Crippen LogP contribution < -0.4 is 19.9 Å². The van der Waals surface area contributed by atoms with Crippen molar-refractivity contribution in [3.63, 3.8) is 0 Å². The molecule has 3 aliphatic rings. The van der Waals surface area contributed by atoms with Crippen LogP contribution >= 0.6 is 0 Å². The number of carboxylic acid groups (broad SMARTS) is 1. The van der Waals surface area contributed by atoms with E-state index in [1.807, 2.05) is 42.3 Å². The van der Waals surface area contributed by atoms with Crippen molar-refractivity contribution in [2.75, 3.05) is 61.6 Å². The fourth-order valence-corrected chi connectivity index (χ4v) is 5.64. The molecule has 0 unspecified atom stereocenters. The van der Waals surface area contributed by atoms with Gasteiger partial charge in [-0.2, -0.15) is 0 Å². The van der Waals surface area contributed by atoms with Gasteiger partial charge in [-0.3, -0.25) is 9.69 Å². The van der Waals surface area contributed by atoms with E-state index in [1.54, 1.807) is 13.3 Å². The topological polar surface area (TPSA) is 133 Å². The fraction of sp³-hybridized carbons (Fsp3) is 0.414. The summed E-state index contributed by atoms with van der Waals surface area (Å²) in [5, 5.41) is 13.0. The Kier molecular flexibility index (Phi) is 7.31. The van der Waals surface area contributed by atoms with Crippen LogP contribution in [0, 0.1) is 12.8 Å². The highest BCUT2D eigenvalue weighted by atomic mass is 16.5. The normalized spacial score (nSPS) is 16.4. The third kappa shape index (κ3) is 5.47. The van der Waals surface area contributed by atoms with Crippen molar-refractivity contribution >= 4 is 35.0 Å². The van der Waals surface area contributed by atoms with Crippen LogP contribution in [0.1, 0.15) is 22.4 Å². The first kappa shape index (κ1) is 26.8. The zero-order valence-electron chi connectivity index (χ0n) is 23.2. The molecule has 12 heteroatoms. The fourth-order valence-electron chi connectivity index (χ4n) is 5.64. The Morgan fingerprint density at radius 3 is 2.71 bits per heavy atom. The molecule has 3 aromatic rings. The first-order valence-electron chi connectivity index (χ1n) is 13.7. The first-order valence-corrected chi connectivity index (χ1v) is 13.7. The third-order valence-corrected chi connectivity index (χ3v) is 7.86. The molecule has 41 heavy (non-hydrogen) atoms. The van der Waals surface area contributed by atoms with Gasteiger partial charge in [-0.25, -0.2) is 19.7 Å². The Balaban J connectivity index is 1.12. The average Bonchev–Trinajstić information content (AvgIpc) is 2.95. The Morgan fingerprint density at radius 2 is 1.95 bits per heavy atom. The van der Waals surface area contributed by atoms with E-state index in [0.29, 0.717) is 43.0 Å². The van der Waals surface area contributed by atoms with Gasteiger partial charge in [-0.1, -0.05) is 12.1 Å². The number of methoxy groups -OCH3 is 1. The lowest BCUT2D eigenvalue weighted by Gasteiger charge is -2.39. The van der Waals surface area contributed by atoms with Crippen LogP contribution in [-0.2, 0) is 28.9 Å². The van der Waals surface area contributed by atoms with Gasteiger partial charge in [0, 0.05) is 50.1 Å². The van der Waals surface area contributed by atoms with Crippen molar-refractivity contribution in [2.24, 2.45) is 5.92 Å². The first-order chi connectivity index (χ1) is 19.9. The van der Waals surface area contributed by atoms with Crippen molar-refractivity contribution in [3.8, 4) is 5.88 Å². The summed E-state index contributed by atoms with van der Waals surface area (Å²) in [6.07, 6.45) is 3.72. The van der Waals surface area contributed by atoms with Gasteiger partial charge in [0.15, 0.2) is 0 Å². The zero-order chi connectivity index (χ0) is 28.5. The predicted octanol–water partition coefficient (Wildman–Crippen LogP) is 3.01. The Hall–Kier alpha value is -4.45. The van der Waals surface area contributed by atoms with Crippen molar-refractivity contribution < 1.29 is 24.2 Å². The summed E-state index contributed by atoms with van der Waals surface area (Å²) in [5.41, 5.74) is 5.95. The summed E-state index contributed by atoms with van der Waals surface area (Å²) in [6.45, 7) is 5.96. The van der Waals surface area contributed by atoms with Crippen LogP contribution in [-0.4, -0.2) is 83.5 Å². The number of rotatable bonds is 7. The monoisotopic (exact) mass is 559 g/mol. The van der Waals surface area contributed by atoms with E-state index in [0.717, 1.165) is 59.8 Å². The molecule has 1 fully saturated rings. The third-order valence-electron chi connectivity index (χ3n) is 7.86. The maximum Gasteiger partial charge on any atom is 0.412 e. The van der Waals surface area contributed by atoms with Gasteiger partial charge in [0.25, 0.3) is 0 Å². The van der Waals surface area contributed by atoms with Gasteiger partial charge < -0.3 is 29.7 Å². The second-order valence-corrected chi connectivity index (χ2v) is 10.7. The lowest BCUT2D eigenvalue weighted by Crippen LogP contribution is -2.52. The molecule has 2 aromatic heterocycles. The maximum absolute atomic E-state index is 12.5. The SMILES string of the molecule is COCC1CN(C(=O)Cc2ccc(Nc3ncc4c(n3)CN(c3cnc5c(c3C)N(C(=O)O)CCO5)CC4)cc2)C1. The predicted molar refractivity (Wildman–Crippen MR) is 152 cm³/mol. The zero-order valence-corrected chi connectivity index (χ0v) is 23.2. The van der Waals surface area contributed by atoms with Crippen molar-refractivity contribution in [1.82, 2.24) is 19.9 Å². The van der Waals surface area contributed by atoms with Gasteiger partial charge in [-0.05, 0) is 36.6 Å². The van der Waals surface area contributed by atoms with Gasteiger partial charge in [-0.15, -0.1) is 0 Å². The molecule has 0 radical (unpaired) electrons. The van der Waals surface area contributed by atoms with Crippen molar-refractivity contribution in [3.05, 3.63) is 59.0 Å². The van der Waals surface area contributed by atoms with Crippen molar-refractivity contribution in [2.45, 2.75) is 26.3 Å². The van der Waals surface area contributed by atoms with E-state index in [2.05, 4.69) is 20.2 Å². The molecule has 2 N–H and O–H groups in total. The lowest BCUT2D eigenvalue weighted by molar-refractivity contribution is -0.138. The molecule has 12 nitrogen and oxygen atoms in total. The number of pyridine rings is 1. The molecule has 3 aliphatic heterocycles. The summed E-state index contributed by atoms with van der Waals surface area (Å²) >= 11 is 0. The summed E-state index contributed by atoms with van der Waals surface area (Å²) in [4.78, 5) is 43.4. The van der Waals surface area contributed by atoms with Crippen LogP contribution in [0.15, 0.2) is 36.7 Å². The Bertz CT molecular complexity index is 1460. The number of aromatic nitrogens is 3. The second-order valence-electron chi connectivity index (χ2n) is 10.7. The molecule has 0 atom stereocenters. The number of amides is 2. The second kappa shape index (κ2) is 11.2. The van der Waals surface area contributed by atoms with Crippen LogP contribution in [0.25, 0.3) is 0 Å². The highest BCUT2D eigenvalue weighted by Crippen LogP contribution is 2.39. The molecular formula is C29H33N7O5. The van der Waals surface area contributed by atoms with Gasteiger partial charge in [0.1, 0.15) is 12.3 Å². The van der Waals surface area contributed by atoms with Gasteiger partial charge >= 0.3 is 6.09 Å². The molecule has 2 amide bonds. The van der Waals surface area contributed by atoms with E-state index in [4.69, 9.17) is 14.5 Å². The summed E-state index contributed by atoms with van der Waals surface area (Å²) in [7, 11) is 1.69. The summed E-state index contributed by atoms with van der Waals surface area (Å²) in [5.74, 6) is 1.41. The van der Waals surface area contributed by atoms with E-state index in [-0.39, 0.29) is 19.1 Å². The molecule has 0 bridgehead atoms. The van der Waals surface area contributed by atoms with Crippen LogP contribution in [0.4, 0.5) is 27.8 Å². The van der Waals surface area contributed by atoms with E-state index in [9.17, 15) is 14.7 Å². The highest BCUT2D eigenvalue weighted by Gasteiger charge is 2.31. The quantitative estimate of drug-likeness (QED) is 0.445. The van der Waals surface area contributed by atoms with Gasteiger partial charge in [0.05, 0.1) is 43.7 Å². The molecule has 0 saturated carbocycles. The molecular weight excluding hydrogens is 526 g/mol. The number of nitrogens with one attached hydrogen (secondary N) is 1. The van der Waals surface area contributed by atoms with Crippen LogP contribution in [0.5, 0.6) is 5.88 Å². The minimum Gasteiger partial charge on any atom is -0.474 e. The molecule has 5 heterocycles. The number of benzene rings is 1.